The Balaban J connectivity index is 5.29. The van der Waals surface area contributed by atoms with Crippen LogP contribution in [-0.4, -0.2) is 96.7 Å². The maximum absolute atomic E-state index is 13.1. The van der Waals surface area contributed by atoms with Gasteiger partial charge in [-0.15, -0.1) is 0 Å². The van der Waals surface area contributed by atoms with E-state index >= 15 is 0 Å². The van der Waals surface area contributed by atoms with E-state index in [0.29, 0.717) is 25.7 Å². The third-order valence-electron chi connectivity index (χ3n) is 17.4. The number of rotatable bonds is 76. The number of carbonyl (C=O) groups is 4. The van der Waals surface area contributed by atoms with Gasteiger partial charge in [-0.25, -0.2) is 9.13 Å². The van der Waals surface area contributed by atoms with Crippen molar-refractivity contribution in [2.45, 2.75) is 406 Å². The second-order valence-electron chi connectivity index (χ2n) is 27.0. The molecule has 566 valence electrons. The molecule has 96 heavy (non-hydrogen) atoms. The molecule has 0 rings (SSSR count). The predicted octanol–water partition coefficient (Wildman–Crippen LogP) is 22.6. The maximum Gasteiger partial charge on any atom is 0.472 e. The molecule has 0 aromatic heterocycles. The molecule has 17 nitrogen and oxygen atoms in total. The van der Waals surface area contributed by atoms with Crippen molar-refractivity contribution in [3.63, 3.8) is 0 Å². The molecule has 0 aliphatic rings. The summed E-state index contributed by atoms with van der Waals surface area (Å²) in [7, 11) is -9.92. The predicted molar refractivity (Wildman–Crippen MR) is 391 cm³/mol. The fourth-order valence-corrected chi connectivity index (χ4v) is 12.9. The van der Waals surface area contributed by atoms with E-state index in [4.69, 9.17) is 37.0 Å². The molecule has 0 radical (unpaired) electrons. The van der Waals surface area contributed by atoms with Gasteiger partial charge in [0.05, 0.1) is 26.4 Å². The van der Waals surface area contributed by atoms with Gasteiger partial charge in [0.15, 0.2) is 12.2 Å². The average Bonchev–Trinajstić information content (AvgIpc) is 1.14. The van der Waals surface area contributed by atoms with Crippen LogP contribution in [0.1, 0.15) is 387 Å². The number of hydrogen-bond donors (Lipinski definition) is 3. The Labute approximate surface area is 586 Å². The number of aliphatic hydroxyl groups excluding tert-OH is 1. The normalized spacial score (nSPS) is 14.0. The number of allylic oxidation sites excluding steroid dienone is 4. The number of hydrogen-bond acceptors (Lipinski definition) is 15. The van der Waals surface area contributed by atoms with Gasteiger partial charge in [-0.2, -0.15) is 0 Å². The van der Waals surface area contributed by atoms with Gasteiger partial charge in [-0.05, 0) is 77.0 Å². The van der Waals surface area contributed by atoms with E-state index in [1.807, 2.05) is 0 Å². The Hall–Kier alpha value is -2.46. The van der Waals surface area contributed by atoms with Crippen molar-refractivity contribution in [2.24, 2.45) is 0 Å². The first kappa shape index (κ1) is 93.5. The van der Waals surface area contributed by atoms with E-state index in [9.17, 15) is 43.2 Å². The molecule has 0 aromatic carbocycles. The molecule has 0 saturated carbocycles. The largest absolute Gasteiger partial charge is 0.472 e. The number of aliphatic hydroxyl groups is 1. The number of phosphoric acid groups is 2. The minimum Gasteiger partial charge on any atom is -0.462 e. The first-order valence-corrected chi connectivity index (χ1v) is 42.6. The van der Waals surface area contributed by atoms with Crippen LogP contribution >= 0.6 is 15.6 Å². The first-order chi connectivity index (χ1) is 46.7. The Morgan fingerprint density at radius 1 is 0.281 bits per heavy atom. The minimum absolute atomic E-state index is 0.103. The number of esters is 4. The lowest BCUT2D eigenvalue weighted by Gasteiger charge is -2.21. The van der Waals surface area contributed by atoms with Gasteiger partial charge < -0.3 is 33.8 Å². The average molecular weight is 1410 g/mol. The van der Waals surface area contributed by atoms with E-state index in [1.165, 1.54) is 180 Å². The van der Waals surface area contributed by atoms with Crippen molar-refractivity contribution in [1.82, 2.24) is 0 Å². The minimum atomic E-state index is -4.96. The highest BCUT2D eigenvalue weighted by molar-refractivity contribution is 7.47. The van der Waals surface area contributed by atoms with Crippen LogP contribution in [0, 0.1) is 0 Å². The lowest BCUT2D eigenvalue weighted by molar-refractivity contribution is -0.161. The van der Waals surface area contributed by atoms with Gasteiger partial charge in [-0.3, -0.25) is 37.3 Å². The molecule has 0 bridgehead atoms. The van der Waals surface area contributed by atoms with Crippen LogP contribution in [0.4, 0.5) is 0 Å². The summed E-state index contributed by atoms with van der Waals surface area (Å²) in [4.78, 5) is 72.9. The molecule has 4 unspecified atom stereocenters. The SMILES string of the molecule is CCCCCCCC/C=C\CCCCCCCC(=O)OCC(COP(=O)(O)OCC(O)COP(=O)(O)OCC(COC(=O)CCCCCCC/C=C\CCCCCCCC)OC(=O)CCCCCCCCCCCCCCC)OC(=O)CCCCCCCCCCCCCCC. The van der Waals surface area contributed by atoms with Crippen LogP contribution in [0.15, 0.2) is 24.3 Å². The van der Waals surface area contributed by atoms with Crippen LogP contribution in [0.3, 0.4) is 0 Å². The van der Waals surface area contributed by atoms with Crippen LogP contribution < -0.4 is 0 Å². The third kappa shape index (κ3) is 70.0. The second-order valence-corrected chi connectivity index (χ2v) is 29.9. The monoisotopic (exact) mass is 1410 g/mol. The molecule has 0 aliphatic heterocycles. The van der Waals surface area contributed by atoms with Crippen LogP contribution in [-0.2, 0) is 65.4 Å². The fraction of sp³-hybridized carbons (Fsp3) is 0.896. The van der Waals surface area contributed by atoms with E-state index in [1.54, 1.807) is 0 Å². The van der Waals surface area contributed by atoms with Crippen molar-refractivity contribution in [1.29, 1.82) is 0 Å². The molecule has 19 heteroatoms. The van der Waals surface area contributed by atoms with Crippen molar-refractivity contribution in [2.75, 3.05) is 39.6 Å². The molecule has 0 aliphatic carbocycles. The summed E-state index contributed by atoms with van der Waals surface area (Å²) in [5, 5.41) is 10.6. The molecule has 0 saturated heterocycles. The number of unbranched alkanes of at least 4 members (excludes halogenated alkanes) is 46. The summed E-state index contributed by atoms with van der Waals surface area (Å²) in [5.74, 6) is -2.14. The molecule has 0 aromatic rings. The van der Waals surface area contributed by atoms with Crippen molar-refractivity contribution in [3.8, 4) is 0 Å². The van der Waals surface area contributed by atoms with Gasteiger partial charge >= 0.3 is 39.5 Å². The summed E-state index contributed by atoms with van der Waals surface area (Å²) in [6.07, 6.45) is 64.4. The number of carbonyl (C=O) groups excluding carboxylic acids is 4. The maximum atomic E-state index is 13.1. The lowest BCUT2D eigenvalue weighted by Crippen LogP contribution is -2.30. The van der Waals surface area contributed by atoms with E-state index in [-0.39, 0.29) is 25.7 Å². The summed E-state index contributed by atoms with van der Waals surface area (Å²) < 4.78 is 68.5. The van der Waals surface area contributed by atoms with Crippen LogP contribution in [0.5, 0.6) is 0 Å². The highest BCUT2D eigenvalue weighted by atomic mass is 31.2. The van der Waals surface area contributed by atoms with Crippen molar-refractivity contribution in [3.05, 3.63) is 24.3 Å². The fourth-order valence-electron chi connectivity index (χ4n) is 11.3. The molecule has 4 atom stereocenters. The second kappa shape index (κ2) is 71.0. The van der Waals surface area contributed by atoms with Crippen molar-refractivity contribution < 1.29 is 80.2 Å². The first-order valence-electron chi connectivity index (χ1n) is 39.6. The summed E-state index contributed by atoms with van der Waals surface area (Å²) in [6.45, 7) is 4.94. The highest BCUT2D eigenvalue weighted by Gasteiger charge is 2.30. The summed E-state index contributed by atoms with van der Waals surface area (Å²) in [5.41, 5.74) is 0. The molecule has 0 fully saturated rings. The standard InChI is InChI=1S/C77H146O17P2/c1-5-9-13-17-21-25-29-33-35-39-41-45-49-53-57-61-74(79)87-67-72(93-76(81)63-59-55-51-47-43-37-31-27-23-19-15-11-7-3)69-91-95(83,84)89-65-71(78)66-90-96(85,86)92-70-73(94-77(82)64-60-56-52-48-44-38-32-28-24-20-16-12-8-4)68-88-75(80)62-58-54-50-46-42-40-36-34-30-26-22-18-14-10-6-2/h33-36,71-73,78H,5-32,37-70H2,1-4H3,(H,83,84)(H,85,86)/b35-33-,36-34-. The molecule has 0 amide bonds. The Morgan fingerprint density at radius 2 is 0.479 bits per heavy atom. The molecular weight excluding hydrogens is 1260 g/mol. The zero-order valence-corrected chi connectivity index (χ0v) is 63.6. The van der Waals surface area contributed by atoms with Crippen LogP contribution in [0.2, 0.25) is 0 Å². The zero-order valence-electron chi connectivity index (χ0n) is 61.8. The topological polar surface area (TPSA) is 237 Å². The molecule has 0 heterocycles. The molecule has 0 spiro atoms. The van der Waals surface area contributed by atoms with Crippen molar-refractivity contribution >= 4 is 39.5 Å². The molecular formula is C77H146O17P2. The van der Waals surface area contributed by atoms with Crippen LogP contribution in [0.25, 0.3) is 0 Å². The smallest absolute Gasteiger partial charge is 0.462 e. The van der Waals surface area contributed by atoms with Gasteiger partial charge in [0.2, 0.25) is 0 Å². The number of phosphoric ester groups is 2. The molecule has 3 N–H and O–H groups in total. The van der Waals surface area contributed by atoms with E-state index in [0.717, 1.165) is 128 Å². The third-order valence-corrected chi connectivity index (χ3v) is 19.3. The van der Waals surface area contributed by atoms with E-state index in [2.05, 4.69) is 52.0 Å². The Kier molecular flexibility index (Phi) is 69.1. The quantitative estimate of drug-likeness (QED) is 0.0169. The Bertz CT molecular complexity index is 1790. The van der Waals surface area contributed by atoms with Gasteiger partial charge in [0.25, 0.3) is 0 Å². The number of ether oxygens (including phenoxy) is 4. The lowest BCUT2D eigenvalue weighted by atomic mass is 10.0. The van der Waals surface area contributed by atoms with Gasteiger partial charge in [0, 0.05) is 25.7 Å². The summed E-state index contributed by atoms with van der Waals surface area (Å²) >= 11 is 0. The van der Waals surface area contributed by atoms with Gasteiger partial charge in [-0.1, -0.05) is 309 Å². The Morgan fingerprint density at radius 3 is 0.719 bits per heavy atom. The van der Waals surface area contributed by atoms with Gasteiger partial charge in [0.1, 0.15) is 19.3 Å². The summed E-state index contributed by atoms with van der Waals surface area (Å²) in [6, 6.07) is 0. The zero-order chi connectivity index (χ0) is 70.4. The highest BCUT2D eigenvalue weighted by Crippen LogP contribution is 2.45. The van der Waals surface area contributed by atoms with E-state index < -0.39 is 97.5 Å².